The predicted molar refractivity (Wildman–Crippen MR) is 121 cm³/mol. The Bertz CT molecular complexity index is 1190. The van der Waals surface area contributed by atoms with E-state index < -0.39 is 5.56 Å². The number of amides is 2. The maximum Gasteiger partial charge on any atom is 0.273 e. The molecule has 2 amide bonds. The minimum Gasteiger partial charge on any atom is -0.493 e. The third kappa shape index (κ3) is 5.23. The Morgan fingerprint density at radius 2 is 1.78 bits per heavy atom. The Balaban J connectivity index is 1.87. The van der Waals surface area contributed by atoms with Crippen LogP contribution in [-0.4, -0.2) is 42.1 Å². The van der Waals surface area contributed by atoms with E-state index in [1.165, 1.54) is 18.8 Å². The lowest BCUT2D eigenvalue weighted by molar-refractivity contribution is -0.121. The van der Waals surface area contributed by atoms with E-state index in [4.69, 9.17) is 9.47 Å². The summed E-state index contributed by atoms with van der Waals surface area (Å²) in [5, 5.41) is 5.48. The monoisotopic (exact) mass is 438 g/mol. The smallest absolute Gasteiger partial charge is 0.273 e. The Labute approximate surface area is 185 Å². The zero-order valence-electron chi connectivity index (χ0n) is 18.3. The second-order valence-corrected chi connectivity index (χ2v) is 7.01. The highest BCUT2D eigenvalue weighted by atomic mass is 16.5. The summed E-state index contributed by atoms with van der Waals surface area (Å²) >= 11 is 0. The molecular weight excluding hydrogens is 412 g/mol. The Morgan fingerprint density at radius 1 is 1.03 bits per heavy atom. The van der Waals surface area contributed by atoms with Crippen LogP contribution in [0, 0.1) is 0 Å². The first-order chi connectivity index (χ1) is 15.5. The third-order valence-electron chi connectivity index (χ3n) is 4.85. The first-order valence-electron chi connectivity index (χ1n) is 10.2. The van der Waals surface area contributed by atoms with Crippen molar-refractivity contribution in [2.75, 3.05) is 26.1 Å². The van der Waals surface area contributed by atoms with Crippen molar-refractivity contribution in [1.29, 1.82) is 0 Å². The van der Waals surface area contributed by atoms with Gasteiger partial charge < -0.3 is 20.1 Å². The highest BCUT2D eigenvalue weighted by Gasteiger charge is 2.15. The lowest BCUT2D eigenvalue weighted by atomic mass is 10.2. The number of rotatable bonds is 9. The molecule has 2 aromatic carbocycles. The first-order valence-corrected chi connectivity index (χ1v) is 10.2. The van der Waals surface area contributed by atoms with Crippen LogP contribution < -0.4 is 25.7 Å². The molecule has 0 radical (unpaired) electrons. The minimum absolute atomic E-state index is 0.145. The van der Waals surface area contributed by atoms with Crippen molar-refractivity contribution in [3.8, 4) is 11.5 Å². The summed E-state index contributed by atoms with van der Waals surface area (Å²) in [6.07, 6.45) is 0.332. The minimum atomic E-state index is -0.393. The van der Waals surface area contributed by atoms with E-state index in [1.54, 1.807) is 42.5 Å². The number of carbonyl (C=O) groups excluding carboxylic acids is 2. The van der Waals surface area contributed by atoms with Gasteiger partial charge in [-0.2, -0.15) is 0 Å². The van der Waals surface area contributed by atoms with Crippen molar-refractivity contribution in [1.82, 2.24) is 14.9 Å². The number of nitrogens with one attached hydrogen (secondary N) is 2. The summed E-state index contributed by atoms with van der Waals surface area (Å²) < 4.78 is 11.8. The first kappa shape index (κ1) is 22.8. The van der Waals surface area contributed by atoms with Crippen LogP contribution in [0.5, 0.6) is 11.5 Å². The highest BCUT2D eigenvalue weighted by Crippen LogP contribution is 2.29. The molecule has 0 aliphatic carbocycles. The van der Waals surface area contributed by atoms with Gasteiger partial charge in [-0.15, -0.1) is 0 Å². The Hall–Kier alpha value is -3.88. The molecule has 3 aromatic rings. The van der Waals surface area contributed by atoms with E-state index in [9.17, 15) is 14.4 Å². The lowest BCUT2D eigenvalue weighted by Crippen LogP contribution is -2.32. The molecule has 0 aliphatic heterocycles. The normalized spacial score (nSPS) is 10.6. The molecule has 0 aliphatic rings. The number of aromatic nitrogens is 2. The number of anilines is 1. The second kappa shape index (κ2) is 10.4. The quantitative estimate of drug-likeness (QED) is 0.529. The number of aryl methyl sites for hydroxylation is 1. The van der Waals surface area contributed by atoms with Crippen molar-refractivity contribution >= 4 is 28.5 Å². The fraction of sp³-hybridized carbons (Fsp3) is 0.304. The van der Waals surface area contributed by atoms with E-state index >= 15 is 0 Å². The van der Waals surface area contributed by atoms with Crippen LogP contribution >= 0.6 is 0 Å². The van der Waals surface area contributed by atoms with Crippen LogP contribution in [0.1, 0.15) is 19.0 Å². The largest absolute Gasteiger partial charge is 0.493 e. The summed E-state index contributed by atoms with van der Waals surface area (Å²) in [5.74, 6) is 0.480. The molecule has 0 spiro atoms. The van der Waals surface area contributed by atoms with Crippen molar-refractivity contribution < 1.29 is 19.1 Å². The van der Waals surface area contributed by atoms with Gasteiger partial charge in [0.05, 0.1) is 25.3 Å². The van der Waals surface area contributed by atoms with Crippen LogP contribution in [0.25, 0.3) is 11.0 Å². The maximum atomic E-state index is 13.1. The molecule has 0 unspecified atom stereocenters. The van der Waals surface area contributed by atoms with Crippen LogP contribution in [0.2, 0.25) is 0 Å². The molecule has 0 saturated heterocycles. The number of carbonyl (C=O) groups is 2. The molecule has 9 nitrogen and oxygen atoms in total. The molecule has 1 heterocycles. The zero-order valence-corrected chi connectivity index (χ0v) is 18.3. The molecule has 168 valence electrons. The lowest BCUT2D eigenvalue weighted by Gasteiger charge is -2.13. The fourth-order valence-corrected chi connectivity index (χ4v) is 3.34. The van der Waals surface area contributed by atoms with Crippen molar-refractivity contribution in [2.24, 2.45) is 0 Å². The fourth-order valence-electron chi connectivity index (χ4n) is 3.34. The van der Waals surface area contributed by atoms with Crippen molar-refractivity contribution in [3.63, 3.8) is 0 Å². The van der Waals surface area contributed by atoms with Crippen molar-refractivity contribution in [2.45, 2.75) is 26.3 Å². The number of ether oxygens (including phenoxy) is 2. The predicted octanol–water partition coefficient (Wildman–Crippen LogP) is 2.12. The summed E-state index contributed by atoms with van der Waals surface area (Å²) in [5.41, 5.74) is 1.48. The van der Waals surface area contributed by atoms with Gasteiger partial charge in [0.2, 0.25) is 11.8 Å². The number of hydrogen-bond donors (Lipinski definition) is 2. The average Bonchev–Trinajstić information content (AvgIpc) is 2.79. The molecular formula is C23H26N4O5. The standard InChI is InChI=1S/C23H26N4O5/c1-4-24-21(28)12-10-17-23(30)27(18-8-6-5-7-16(18)26-17)14-22(29)25-15-9-11-19(31-2)20(13-15)32-3/h5-9,11,13H,4,10,12,14H2,1-3H3,(H,24,28)(H,25,29). The molecule has 0 saturated carbocycles. The molecule has 3 rings (SSSR count). The van der Waals surface area contributed by atoms with E-state index in [0.717, 1.165) is 0 Å². The molecule has 9 heteroatoms. The van der Waals surface area contributed by atoms with Gasteiger partial charge in [0.15, 0.2) is 11.5 Å². The van der Waals surface area contributed by atoms with Gasteiger partial charge in [-0.25, -0.2) is 4.98 Å². The second-order valence-electron chi connectivity index (χ2n) is 7.01. The van der Waals surface area contributed by atoms with E-state index in [0.29, 0.717) is 34.8 Å². The number of para-hydroxylation sites is 2. The Kier molecular flexibility index (Phi) is 7.43. The SMILES string of the molecule is CCNC(=O)CCc1nc2ccccc2n(CC(=O)Nc2ccc(OC)c(OC)c2)c1=O. The van der Waals surface area contributed by atoms with E-state index in [2.05, 4.69) is 15.6 Å². The highest BCUT2D eigenvalue weighted by molar-refractivity contribution is 5.92. The summed E-state index contributed by atoms with van der Waals surface area (Å²) in [7, 11) is 3.04. The van der Waals surface area contributed by atoms with Gasteiger partial charge in [0, 0.05) is 31.1 Å². The number of nitrogens with zero attached hydrogens (tertiary/aromatic N) is 2. The number of methoxy groups -OCH3 is 2. The number of benzene rings is 2. The van der Waals surface area contributed by atoms with Gasteiger partial charge in [0.1, 0.15) is 12.2 Å². The van der Waals surface area contributed by atoms with Crippen molar-refractivity contribution in [3.05, 3.63) is 58.5 Å². The van der Waals surface area contributed by atoms with E-state index in [-0.39, 0.29) is 36.9 Å². The molecule has 32 heavy (non-hydrogen) atoms. The topological polar surface area (TPSA) is 112 Å². The van der Waals surface area contributed by atoms with Crippen LogP contribution in [0.4, 0.5) is 5.69 Å². The van der Waals surface area contributed by atoms with Gasteiger partial charge in [0.25, 0.3) is 5.56 Å². The summed E-state index contributed by atoms with van der Waals surface area (Å²) in [6, 6.07) is 12.1. The van der Waals surface area contributed by atoms with Gasteiger partial charge in [-0.3, -0.25) is 19.0 Å². The Morgan fingerprint density at radius 3 is 2.50 bits per heavy atom. The molecule has 0 bridgehead atoms. The molecule has 2 N–H and O–H groups in total. The molecule has 1 aromatic heterocycles. The summed E-state index contributed by atoms with van der Waals surface area (Å²) in [6.45, 7) is 2.14. The van der Waals surface area contributed by atoms with Crippen LogP contribution in [0.3, 0.4) is 0 Å². The zero-order chi connectivity index (χ0) is 23.1. The van der Waals surface area contributed by atoms with E-state index in [1.807, 2.05) is 6.92 Å². The third-order valence-corrected chi connectivity index (χ3v) is 4.85. The van der Waals surface area contributed by atoms with Crippen LogP contribution in [-0.2, 0) is 22.6 Å². The van der Waals surface area contributed by atoms with Gasteiger partial charge >= 0.3 is 0 Å². The maximum absolute atomic E-state index is 13.1. The van der Waals surface area contributed by atoms with Gasteiger partial charge in [-0.05, 0) is 31.2 Å². The molecule has 0 atom stereocenters. The molecule has 0 fully saturated rings. The number of hydrogen-bond acceptors (Lipinski definition) is 6. The van der Waals surface area contributed by atoms with Gasteiger partial charge in [-0.1, -0.05) is 12.1 Å². The summed E-state index contributed by atoms with van der Waals surface area (Å²) in [4.78, 5) is 42.1. The number of fused-ring (bicyclic) bond motifs is 1. The van der Waals surface area contributed by atoms with Crippen LogP contribution in [0.15, 0.2) is 47.3 Å². The average molecular weight is 438 g/mol.